The number of nitrogens with zero attached hydrogens (tertiary/aromatic N) is 2. The van der Waals surface area contributed by atoms with Crippen molar-refractivity contribution in [2.75, 3.05) is 33.3 Å². The highest BCUT2D eigenvalue weighted by Crippen LogP contribution is 2.22. The molecule has 3 rings (SSSR count). The van der Waals surface area contributed by atoms with Crippen molar-refractivity contribution in [1.82, 2.24) is 20.4 Å². The lowest BCUT2D eigenvalue weighted by atomic mass is 9.97. The van der Waals surface area contributed by atoms with Crippen LogP contribution in [0.1, 0.15) is 23.3 Å². The average Bonchev–Trinajstić information content (AvgIpc) is 3.18. The molecule has 4 N–H and O–H groups in total. The number of H-pyrrole nitrogens is 1. The summed E-state index contributed by atoms with van der Waals surface area (Å²) in [7, 11) is 1.61. The summed E-state index contributed by atoms with van der Waals surface area (Å²) in [4.78, 5) is 25.8. The van der Waals surface area contributed by atoms with E-state index in [0.29, 0.717) is 31.0 Å². The molecule has 1 aliphatic rings. The van der Waals surface area contributed by atoms with E-state index in [0.717, 1.165) is 30.7 Å². The summed E-state index contributed by atoms with van der Waals surface area (Å²) in [5.74, 6) is 0.191. The standard InChI is InChI=1S/C19H25N5O3/c1-27-15-6-2-4-13(10-15)16-11-17(23-22-16)19(26)21-7-9-24-8-3-5-14(12-24)18(20)25/h2,4,6,10-11,14H,3,5,7-9,12H2,1H3,(H2,20,25)(H,21,26)(H,22,23)/t14-/m1/s1. The number of aromatic nitrogens is 2. The molecule has 1 aromatic carbocycles. The summed E-state index contributed by atoms with van der Waals surface area (Å²) in [6, 6.07) is 9.22. The first-order valence-electron chi connectivity index (χ1n) is 9.06. The van der Waals surface area contributed by atoms with Gasteiger partial charge in [0.1, 0.15) is 11.4 Å². The van der Waals surface area contributed by atoms with Gasteiger partial charge in [-0.15, -0.1) is 0 Å². The van der Waals surface area contributed by atoms with Crippen LogP contribution in [-0.4, -0.2) is 60.2 Å². The van der Waals surface area contributed by atoms with Gasteiger partial charge in [-0.2, -0.15) is 5.10 Å². The molecule has 2 amide bonds. The lowest BCUT2D eigenvalue weighted by molar-refractivity contribution is -0.123. The van der Waals surface area contributed by atoms with Crippen LogP contribution in [0.4, 0.5) is 0 Å². The van der Waals surface area contributed by atoms with Crippen LogP contribution < -0.4 is 15.8 Å². The Morgan fingerprint density at radius 1 is 1.41 bits per heavy atom. The molecular formula is C19H25N5O3. The van der Waals surface area contributed by atoms with Gasteiger partial charge in [0.25, 0.3) is 5.91 Å². The number of piperidine rings is 1. The molecule has 8 nitrogen and oxygen atoms in total. The fraction of sp³-hybridized carbons (Fsp3) is 0.421. The van der Waals surface area contributed by atoms with Gasteiger partial charge in [0.2, 0.25) is 5.91 Å². The maximum atomic E-state index is 12.3. The van der Waals surface area contributed by atoms with E-state index in [2.05, 4.69) is 20.4 Å². The number of benzene rings is 1. The number of primary amides is 1. The molecule has 0 bridgehead atoms. The monoisotopic (exact) mass is 371 g/mol. The van der Waals surface area contributed by atoms with Gasteiger partial charge in [-0.25, -0.2) is 0 Å². The molecule has 1 atom stereocenters. The fourth-order valence-corrected chi connectivity index (χ4v) is 3.28. The molecule has 0 radical (unpaired) electrons. The number of nitrogens with one attached hydrogen (secondary N) is 2. The molecule has 2 heterocycles. The number of amides is 2. The van der Waals surface area contributed by atoms with E-state index in [-0.39, 0.29) is 17.7 Å². The Hall–Kier alpha value is -2.87. The van der Waals surface area contributed by atoms with Crippen LogP contribution in [0.15, 0.2) is 30.3 Å². The van der Waals surface area contributed by atoms with Gasteiger partial charge in [0.15, 0.2) is 0 Å². The van der Waals surface area contributed by atoms with Crippen molar-refractivity contribution in [3.63, 3.8) is 0 Å². The van der Waals surface area contributed by atoms with Gasteiger partial charge in [-0.3, -0.25) is 14.7 Å². The highest BCUT2D eigenvalue weighted by atomic mass is 16.5. The molecule has 2 aromatic rings. The maximum absolute atomic E-state index is 12.3. The fourth-order valence-electron chi connectivity index (χ4n) is 3.28. The number of ether oxygens (including phenoxy) is 1. The minimum Gasteiger partial charge on any atom is -0.497 e. The van der Waals surface area contributed by atoms with Gasteiger partial charge in [0.05, 0.1) is 18.7 Å². The summed E-state index contributed by atoms with van der Waals surface area (Å²) in [6.45, 7) is 2.77. The van der Waals surface area contributed by atoms with Crippen molar-refractivity contribution in [1.29, 1.82) is 0 Å². The number of hydrogen-bond donors (Lipinski definition) is 3. The lowest BCUT2D eigenvalue weighted by Gasteiger charge is -2.30. The first kappa shape index (κ1) is 18.9. The Balaban J connectivity index is 1.51. The van der Waals surface area contributed by atoms with E-state index in [9.17, 15) is 9.59 Å². The molecule has 1 aliphatic heterocycles. The molecule has 1 aromatic heterocycles. The predicted molar refractivity (Wildman–Crippen MR) is 101 cm³/mol. The van der Waals surface area contributed by atoms with E-state index in [1.165, 1.54) is 0 Å². The second-order valence-electron chi connectivity index (χ2n) is 6.70. The van der Waals surface area contributed by atoms with Crippen LogP contribution in [0.25, 0.3) is 11.3 Å². The van der Waals surface area contributed by atoms with E-state index in [1.54, 1.807) is 13.2 Å². The van der Waals surface area contributed by atoms with Gasteiger partial charge in [0, 0.05) is 25.2 Å². The Kier molecular flexibility index (Phi) is 6.08. The summed E-state index contributed by atoms with van der Waals surface area (Å²) in [5, 5.41) is 9.87. The van der Waals surface area contributed by atoms with Crippen LogP contribution in [-0.2, 0) is 4.79 Å². The van der Waals surface area contributed by atoms with Crippen molar-refractivity contribution in [3.8, 4) is 17.0 Å². The second-order valence-corrected chi connectivity index (χ2v) is 6.70. The van der Waals surface area contributed by atoms with Crippen molar-refractivity contribution in [2.24, 2.45) is 11.7 Å². The number of aromatic amines is 1. The molecule has 0 aliphatic carbocycles. The third-order valence-corrected chi connectivity index (χ3v) is 4.81. The topological polar surface area (TPSA) is 113 Å². The first-order valence-corrected chi connectivity index (χ1v) is 9.06. The van der Waals surface area contributed by atoms with E-state index < -0.39 is 0 Å². The number of carbonyl (C=O) groups excluding carboxylic acids is 2. The van der Waals surface area contributed by atoms with Crippen molar-refractivity contribution in [2.45, 2.75) is 12.8 Å². The number of carbonyl (C=O) groups is 2. The minimum absolute atomic E-state index is 0.0903. The third-order valence-electron chi connectivity index (χ3n) is 4.81. The number of likely N-dealkylation sites (tertiary alicyclic amines) is 1. The molecule has 144 valence electrons. The number of hydrogen-bond acceptors (Lipinski definition) is 5. The van der Waals surface area contributed by atoms with Crippen LogP contribution in [0.5, 0.6) is 5.75 Å². The number of nitrogens with two attached hydrogens (primary N) is 1. The summed E-state index contributed by atoms with van der Waals surface area (Å²) in [6.07, 6.45) is 1.80. The zero-order chi connectivity index (χ0) is 19.2. The highest BCUT2D eigenvalue weighted by molar-refractivity contribution is 5.93. The van der Waals surface area contributed by atoms with Gasteiger partial charge < -0.3 is 20.7 Å². The third kappa shape index (κ3) is 4.85. The summed E-state index contributed by atoms with van der Waals surface area (Å²) in [5.41, 5.74) is 7.35. The van der Waals surface area contributed by atoms with Crippen molar-refractivity contribution < 1.29 is 14.3 Å². The minimum atomic E-state index is -0.244. The average molecular weight is 371 g/mol. The molecule has 0 spiro atoms. The Morgan fingerprint density at radius 2 is 2.26 bits per heavy atom. The number of methoxy groups -OCH3 is 1. The Morgan fingerprint density at radius 3 is 3.04 bits per heavy atom. The van der Waals surface area contributed by atoms with Gasteiger partial charge in [-0.1, -0.05) is 12.1 Å². The number of rotatable bonds is 7. The SMILES string of the molecule is COc1cccc(-c2cc(C(=O)NCCN3CCC[C@@H](C(N)=O)C3)[nH]n2)c1. The van der Waals surface area contributed by atoms with E-state index in [1.807, 2.05) is 24.3 Å². The normalized spacial score (nSPS) is 17.4. The Bertz CT molecular complexity index is 804. The van der Waals surface area contributed by atoms with Crippen molar-refractivity contribution >= 4 is 11.8 Å². The predicted octanol–water partition coefficient (Wildman–Crippen LogP) is 1.01. The molecule has 1 fully saturated rings. The summed E-state index contributed by atoms with van der Waals surface area (Å²) >= 11 is 0. The Labute approximate surface area is 158 Å². The molecule has 1 saturated heterocycles. The smallest absolute Gasteiger partial charge is 0.269 e. The molecule has 27 heavy (non-hydrogen) atoms. The van der Waals surface area contributed by atoms with Crippen LogP contribution in [0.2, 0.25) is 0 Å². The van der Waals surface area contributed by atoms with Crippen LogP contribution >= 0.6 is 0 Å². The molecule has 0 unspecified atom stereocenters. The first-order chi connectivity index (χ1) is 13.1. The highest BCUT2D eigenvalue weighted by Gasteiger charge is 2.23. The molecular weight excluding hydrogens is 346 g/mol. The van der Waals surface area contributed by atoms with Crippen LogP contribution in [0.3, 0.4) is 0 Å². The second kappa shape index (κ2) is 8.68. The van der Waals surface area contributed by atoms with E-state index >= 15 is 0 Å². The zero-order valence-corrected chi connectivity index (χ0v) is 15.4. The van der Waals surface area contributed by atoms with Gasteiger partial charge in [-0.05, 0) is 37.6 Å². The van der Waals surface area contributed by atoms with Gasteiger partial charge >= 0.3 is 0 Å². The molecule has 0 saturated carbocycles. The zero-order valence-electron chi connectivity index (χ0n) is 15.4. The largest absolute Gasteiger partial charge is 0.497 e. The summed E-state index contributed by atoms with van der Waals surface area (Å²) < 4.78 is 5.21. The quantitative estimate of drug-likeness (QED) is 0.672. The lowest BCUT2D eigenvalue weighted by Crippen LogP contribution is -2.44. The maximum Gasteiger partial charge on any atom is 0.269 e. The van der Waals surface area contributed by atoms with Crippen molar-refractivity contribution in [3.05, 3.63) is 36.0 Å². The van der Waals surface area contributed by atoms with Crippen LogP contribution in [0, 0.1) is 5.92 Å². The molecule has 8 heteroatoms. The van der Waals surface area contributed by atoms with E-state index in [4.69, 9.17) is 10.5 Å².